The SMILES string of the molecule is CCNC(=NCc1ccc(Cl)nc1)NCC(C)(O)c1cccs1. The maximum atomic E-state index is 10.5. The van der Waals surface area contributed by atoms with Gasteiger partial charge in [-0.2, -0.15) is 0 Å². The molecule has 0 aromatic carbocycles. The van der Waals surface area contributed by atoms with Crippen molar-refractivity contribution in [2.45, 2.75) is 26.0 Å². The lowest BCUT2D eigenvalue weighted by Crippen LogP contribution is -2.44. The zero-order valence-corrected chi connectivity index (χ0v) is 14.8. The van der Waals surface area contributed by atoms with Gasteiger partial charge < -0.3 is 15.7 Å². The number of hydrogen-bond acceptors (Lipinski definition) is 4. The highest BCUT2D eigenvalue weighted by Gasteiger charge is 2.24. The van der Waals surface area contributed by atoms with Crippen LogP contribution in [0.15, 0.2) is 40.8 Å². The van der Waals surface area contributed by atoms with E-state index in [9.17, 15) is 5.11 Å². The molecule has 7 heteroatoms. The van der Waals surface area contributed by atoms with Crippen LogP contribution in [0.5, 0.6) is 0 Å². The molecule has 2 aromatic heterocycles. The zero-order valence-electron chi connectivity index (χ0n) is 13.2. The summed E-state index contributed by atoms with van der Waals surface area (Å²) in [6.45, 7) is 5.39. The number of pyridine rings is 1. The van der Waals surface area contributed by atoms with Crippen LogP contribution >= 0.6 is 22.9 Å². The normalized spacial score (nSPS) is 14.3. The fourth-order valence-electron chi connectivity index (χ4n) is 1.94. The van der Waals surface area contributed by atoms with Crippen molar-refractivity contribution >= 4 is 28.9 Å². The highest BCUT2D eigenvalue weighted by molar-refractivity contribution is 7.10. The maximum Gasteiger partial charge on any atom is 0.191 e. The first kappa shape index (κ1) is 17.7. The van der Waals surface area contributed by atoms with Crippen molar-refractivity contribution in [1.29, 1.82) is 0 Å². The van der Waals surface area contributed by atoms with Crippen LogP contribution in [0.1, 0.15) is 24.3 Å². The topological polar surface area (TPSA) is 69.5 Å². The van der Waals surface area contributed by atoms with Crippen molar-refractivity contribution in [2.75, 3.05) is 13.1 Å². The van der Waals surface area contributed by atoms with E-state index in [1.807, 2.05) is 30.5 Å². The lowest BCUT2D eigenvalue weighted by molar-refractivity contribution is 0.0655. The van der Waals surface area contributed by atoms with Crippen molar-refractivity contribution in [3.05, 3.63) is 51.4 Å². The molecule has 1 atom stereocenters. The maximum absolute atomic E-state index is 10.5. The van der Waals surface area contributed by atoms with Gasteiger partial charge in [0.15, 0.2) is 5.96 Å². The number of aliphatic hydroxyl groups is 1. The van der Waals surface area contributed by atoms with Crippen LogP contribution in [0, 0.1) is 0 Å². The number of rotatable bonds is 6. The number of thiophene rings is 1. The predicted molar refractivity (Wildman–Crippen MR) is 96.0 cm³/mol. The van der Waals surface area contributed by atoms with Gasteiger partial charge in [0, 0.05) is 17.6 Å². The highest BCUT2D eigenvalue weighted by Crippen LogP contribution is 2.24. The van der Waals surface area contributed by atoms with E-state index in [2.05, 4.69) is 20.6 Å². The molecule has 23 heavy (non-hydrogen) atoms. The molecule has 0 aliphatic carbocycles. The molecule has 2 rings (SSSR count). The Hall–Kier alpha value is -1.63. The Kier molecular flexibility index (Phi) is 6.38. The third-order valence-corrected chi connectivity index (χ3v) is 4.55. The van der Waals surface area contributed by atoms with Gasteiger partial charge in [-0.05, 0) is 36.9 Å². The van der Waals surface area contributed by atoms with Gasteiger partial charge in [0.05, 0.1) is 13.1 Å². The van der Waals surface area contributed by atoms with E-state index >= 15 is 0 Å². The van der Waals surface area contributed by atoms with Crippen LogP contribution in [0.2, 0.25) is 5.15 Å². The van der Waals surface area contributed by atoms with Gasteiger partial charge in [-0.15, -0.1) is 11.3 Å². The molecule has 2 aromatic rings. The second kappa shape index (κ2) is 8.29. The summed E-state index contributed by atoms with van der Waals surface area (Å²) >= 11 is 7.31. The molecule has 0 bridgehead atoms. The van der Waals surface area contributed by atoms with Gasteiger partial charge >= 0.3 is 0 Å². The fraction of sp³-hybridized carbons (Fsp3) is 0.375. The van der Waals surface area contributed by atoms with E-state index in [1.54, 1.807) is 19.2 Å². The molecule has 0 spiro atoms. The van der Waals surface area contributed by atoms with E-state index in [0.29, 0.717) is 24.2 Å². The highest BCUT2D eigenvalue weighted by atomic mass is 35.5. The summed E-state index contributed by atoms with van der Waals surface area (Å²) in [5, 5.41) is 19.3. The van der Waals surface area contributed by atoms with Gasteiger partial charge in [0.25, 0.3) is 0 Å². The van der Waals surface area contributed by atoms with Crippen LogP contribution in [0.25, 0.3) is 0 Å². The monoisotopic (exact) mass is 352 g/mol. The smallest absolute Gasteiger partial charge is 0.191 e. The molecule has 2 heterocycles. The molecule has 0 saturated heterocycles. The molecule has 124 valence electrons. The Labute approximate surface area is 145 Å². The third kappa shape index (κ3) is 5.49. The minimum atomic E-state index is -0.938. The van der Waals surface area contributed by atoms with Gasteiger partial charge in [0.1, 0.15) is 10.8 Å². The second-order valence-corrected chi connectivity index (χ2v) is 6.62. The van der Waals surface area contributed by atoms with E-state index in [0.717, 1.165) is 17.0 Å². The molecule has 0 saturated carbocycles. The molecule has 3 N–H and O–H groups in total. The standard InChI is InChI=1S/C16H21ClN4OS/c1-3-18-15(20-10-12-6-7-14(17)19-9-12)21-11-16(2,22)13-5-4-8-23-13/h4-9,22H,3,10-11H2,1-2H3,(H2,18,20,21). The van der Waals surface area contributed by atoms with Crippen molar-refractivity contribution in [3.63, 3.8) is 0 Å². The Morgan fingerprint density at radius 1 is 1.39 bits per heavy atom. The van der Waals surface area contributed by atoms with E-state index in [1.165, 1.54) is 11.3 Å². The molecule has 0 radical (unpaired) electrons. The Balaban J connectivity index is 1.97. The van der Waals surface area contributed by atoms with Crippen LogP contribution in [-0.2, 0) is 12.1 Å². The minimum absolute atomic E-state index is 0.373. The first-order valence-electron chi connectivity index (χ1n) is 7.40. The molecule has 0 fully saturated rings. The van der Waals surface area contributed by atoms with Crippen LogP contribution in [-0.4, -0.2) is 29.1 Å². The minimum Gasteiger partial charge on any atom is -0.383 e. The van der Waals surface area contributed by atoms with Gasteiger partial charge in [-0.3, -0.25) is 0 Å². The number of nitrogens with zero attached hydrogens (tertiary/aromatic N) is 2. The van der Waals surface area contributed by atoms with Crippen molar-refractivity contribution in [2.24, 2.45) is 4.99 Å². The average molecular weight is 353 g/mol. The Morgan fingerprint density at radius 2 is 2.22 bits per heavy atom. The third-order valence-electron chi connectivity index (χ3n) is 3.20. The number of aliphatic imine (C=N–C) groups is 1. The van der Waals surface area contributed by atoms with Gasteiger partial charge in [-0.1, -0.05) is 23.7 Å². The van der Waals surface area contributed by atoms with Gasteiger partial charge in [0.2, 0.25) is 0 Å². The number of halogens is 1. The van der Waals surface area contributed by atoms with Crippen LogP contribution < -0.4 is 10.6 Å². The summed E-state index contributed by atoms with van der Waals surface area (Å²) in [6.07, 6.45) is 1.71. The summed E-state index contributed by atoms with van der Waals surface area (Å²) in [5.41, 5.74) is 0.0308. The fourth-order valence-corrected chi connectivity index (χ4v) is 2.84. The van der Waals surface area contributed by atoms with E-state index in [4.69, 9.17) is 11.6 Å². The molecule has 0 aliphatic heterocycles. The lowest BCUT2D eigenvalue weighted by atomic mass is 10.1. The summed E-state index contributed by atoms with van der Waals surface area (Å²) < 4.78 is 0. The Morgan fingerprint density at radius 3 is 2.83 bits per heavy atom. The molecule has 0 amide bonds. The van der Waals surface area contributed by atoms with Crippen molar-refractivity contribution < 1.29 is 5.11 Å². The van der Waals surface area contributed by atoms with E-state index < -0.39 is 5.60 Å². The molecule has 1 unspecified atom stereocenters. The van der Waals surface area contributed by atoms with Crippen molar-refractivity contribution in [1.82, 2.24) is 15.6 Å². The number of hydrogen-bond donors (Lipinski definition) is 3. The number of guanidine groups is 1. The Bertz CT molecular complexity index is 626. The summed E-state index contributed by atoms with van der Waals surface area (Å²) in [4.78, 5) is 9.46. The molecule has 5 nitrogen and oxygen atoms in total. The second-order valence-electron chi connectivity index (χ2n) is 5.29. The molecule has 0 aliphatic rings. The first-order chi connectivity index (χ1) is 11.0. The molecular formula is C16H21ClN4OS. The van der Waals surface area contributed by atoms with Crippen molar-refractivity contribution in [3.8, 4) is 0 Å². The number of aromatic nitrogens is 1. The summed E-state index contributed by atoms with van der Waals surface area (Å²) in [5.74, 6) is 0.652. The van der Waals surface area contributed by atoms with Crippen LogP contribution in [0.4, 0.5) is 0 Å². The zero-order chi connectivity index (χ0) is 16.7. The number of nitrogens with one attached hydrogen (secondary N) is 2. The first-order valence-corrected chi connectivity index (χ1v) is 8.66. The predicted octanol–water partition coefficient (Wildman–Crippen LogP) is 2.76. The van der Waals surface area contributed by atoms with E-state index in [-0.39, 0.29) is 0 Å². The van der Waals surface area contributed by atoms with Gasteiger partial charge in [-0.25, -0.2) is 9.98 Å². The lowest BCUT2D eigenvalue weighted by Gasteiger charge is -2.23. The quantitative estimate of drug-likeness (QED) is 0.425. The largest absolute Gasteiger partial charge is 0.383 e. The average Bonchev–Trinajstić information content (AvgIpc) is 3.07. The summed E-state index contributed by atoms with van der Waals surface area (Å²) in [6, 6.07) is 7.50. The molecular weight excluding hydrogens is 332 g/mol. The summed E-state index contributed by atoms with van der Waals surface area (Å²) in [7, 11) is 0. The van der Waals surface area contributed by atoms with Crippen LogP contribution in [0.3, 0.4) is 0 Å².